The molecule has 9 nitrogen and oxygen atoms in total. The Morgan fingerprint density at radius 3 is 2.18 bits per heavy atom. The molecular formula is C34H32N4O5S. The lowest BCUT2D eigenvalue weighted by molar-refractivity contribution is -0.114. The van der Waals surface area contributed by atoms with Crippen LogP contribution in [0.1, 0.15) is 15.9 Å². The van der Waals surface area contributed by atoms with Crippen molar-refractivity contribution in [3.8, 4) is 11.5 Å². The second-order valence-electron chi connectivity index (χ2n) is 10.0. The Bertz CT molecular complexity index is 1660. The van der Waals surface area contributed by atoms with Crippen molar-refractivity contribution in [2.75, 3.05) is 48.6 Å². The highest BCUT2D eigenvalue weighted by atomic mass is 32.2. The minimum absolute atomic E-state index is 0.103. The summed E-state index contributed by atoms with van der Waals surface area (Å²) in [6, 6.07) is 28.8. The van der Waals surface area contributed by atoms with E-state index in [0.29, 0.717) is 41.7 Å². The summed E-state index contributed by atoms with van der Waals surface area (Å²) in [4.78, 5) is 41.6. The Morgan fingerprint density at radius 2 is 1.48 bits per heavy atom. The van der Waals surface area contributed by atoms with E-state index >= 15 is 0 Å². The number of amides is 3. The number of carbonyl (C=O) groups is 3. The van der Waals surface area contributed by atoms with Gasteiger partial charge in [-0.05, 0) is 72.3 Å². The third-order valence-corrected chi connectivity index (χ3v) is 7.57. The van der Waals surface area contributed by atoms with Crippen LogP contribution in [0, 0.1) is 0 Å². The standard InChI is InChI=1S/C34H32N4O5S/c1-38(2)27-13-8-23(9-14-27)20-29(37-33(40)24-6-4-3-5-7-24)34(41)36-25-10-15-28(16-11-25)44-22-32(39)35-26-12-17-30-31(21-26)43-19-18-42-30/h3-17,20-21H,18-19,22H2,1-2H3,(H,35,39)(H,36,41)(H,37,40)/b29-20-. The number of nitrogens with zero attached hydrogens (tertiary/aromatic N) is 1. The molecule has 0 fully saturated rings. The first-order chi connectivity index (χ1) is 21.3. The number of fused-ring (bicyclic) bond motifs is 1. The van der Waals surface area contributed by atoms with E-state index in [-0.39, 0.29) is 17.4 Å². The quantitative estimate of drug-likeness (QED) is 0.157. The van der Waals surface area contributed by atoms with Crippen molar-refractivity contribution >= 4 is 52.6 Å². The molecule has 5 rings (SSSR count). The van der Waals surface area contributed by atoms with Crippen LogP contribution in [0.3, 0.4) is 0 Å². The van der Waals surface area contributed by atoms with E-state index in [1.165, 1.54) is 11.8 Å². The molecule has 0 unspecified atom stereocenters. The minimum atomic E-state index is -0.467. The molecule has 0 saturated carbocycles. The highest BCUT2D eigenvalue weighted by Crippen LogP contribution is 2.32. The topological polar surface area (TPSA) is 109 Å². The number of thioether (sulfide) groups is 1. The van der Waals surface area contributed by atoms with E-state index < -0.39 is 11.8 Å². The SMILES string of the molecule is CN(C)c1ccc(/C=C(\NC(=O)c2ccccc2)C(=O)Nc2ccc(SCC(=O)Nc3ccc4c(c3)OCCO4)cc2)cc1. The lowest BCUT2D eigenvalue weighted by atomic mass is 10.1. The van der Waals surface area contributed by atoms with Crippen LogP contribution in [0.5, 0.6) is 11.5 Å². The molecule has 0 saturated heterocycles. The minimum Gasteiger partial charge on any atom is -0.486 e. The summed E-state index contributed by atoms with van der Waals surface area (Å²) < 4.78 is 11.1. The molecule has 1 aliphatic rings. The maximum Gasteiger partial charge on any atom is 0.272 e. The fraction of sp³-hybridized carbons (Fsp3) is 0.147. The number of rotatable bonds is 10. The molecule has 4 aromatic rings. The smallest absolute Gasteiger partial charge is 0.272 e. The summed E-state index contributed by atoms with van der Waals surface area (Å²) in [5.74, 6) is 0.454. The molecule has 44 heavy (non-hydrogen) atoms. The third kappa shape index (κ3) is 8.20. The van der Waals surface area contributed by atoms with E-state index in [1.54, 1.807) is 60.7 Å². The summed E-state index contributed by atoms with van der Waals surface area (Å²) in [5, 5.41) is 8.49. The highest BCUT2D eigenvalue weighted by Gasteiger charge is 2.16. The molecule has 0 aromatic heterocycles. The molecular weight excluding hydrogens is 576 g/mol. The van der Waals surface area contributed by atoms with E-state index in [0.717, 1.165) is 16.1 Å². The molecule has 0 spiro atoms. The second kappa shape index (κ2) is 14.3. The van der Waals surface area contributed by atoms with Gasteiger partial charge in [-0.1, -0.05) is 30.3 Å². The first-order valence-electron chi connectivity index (χ1n) is 13.9. The van der Waals surface area contributed by atoms with Gasteiger partial charge in [-0.15, -0.1) is 11.8 Å². The summed E-state index contributed by atoms with van der Waals surface area (Å²) in [6.45, 7) is 0.980. The monoisotopic (exact) mass is 608 g/mol. The number of carbonyl (C=O) groups excluding carboxylic acids is 3. The van der Waals surface area contributed by atoms with Crippen LogP contribution in [0.4, 0.5) is 17.1 Å². The Kier molecular flexibility index (Phi) is 9.83. The van der Waals surface area contributed by atoms with Gasteiger partial charge in [-0.25, -0.2) is 0 Å². The Labute approximate surface area is 260 Å². The van der Waals surface area contributed by atoms with Gasteiger partial charge < -0.3 is 30.3 Å². The normalized spacial score (nSPS) is 12.2. The number of benzene rings is 4. The van der Waals surface area contributed by atoms with Gasteiger partial charge >= 0.3 is 0 Å². The Balaban J connectivity index is 1.21. The van der Waals surface area contributed by atoms with Crippen molar-refractivity contribution in [2.24, 2.45) is 0 Å². The van der Waals surface area contributed by atoms with Crippen molar-refractivity contribution in [2.45, 2.75) is 4.90 Å². The van der Waals surface area contributed by atoms with Crippen LogP contribution in [0.2, 0.25) is 0 Å². The zero-order valence-electron chi connectivity index (χ0n) is 24.3. The average molecular weight is 609 g/mol. The van der Waals surface area contributed by atoms with Crippen molar-refractivity contribution < 1.29 is 23.9 Å². The van der Waals surface area contributed by atoms with E-state index in [4.69, 9.17) is 9.47 Å². The van der Waals surface area contributed by atoms with E-state index in [9.17, 15) is 14.4 Å². The molecule has 224 valence electrons. The first kappa shape index (κ1) is 30.2. The Hall–Kier alpha value is -5.22. The van der Waals surface area contributed by atoms with E-state index in [2.05, 4.69) is 16.0 Å². The zero-order chi connectivity index (χ0) is 30.9. The predicted octanol–water partition coefficient (Wildman–Crippen LogP) is 5.66. The van der Waals surface area contributed by atoms with Crippen LogP contribution in [0.25, 0.3) is 6.08 Å². The van der Waals surface area contributed by atoms with Gasteiger partial charge in [-0.3, -0.25) is 14.4 Å². The van der Waals surface area contributed by atoms with Crippen molar-refractivity contribution in [1.82, 2.24) is 5.32 Å². The molecule has 0 atom stereocenters. The Morgan fingerprint density at radius 1 is 0.795 bits per heavy atom. The molecule has 0 radical (unpaired) electrons. The van der Waals surface area contributed by atoms with Crippen LogP contribution in [0.15, 0.2) is 108 Å². The second-order valence-corrected chi connectivity index (χ2v) is 11.1. The highest BCUT2D eigenvalue weighted by molar-refractivity contribution is 8.00. The molecule has 4 aromatic carbocycles. The van der Waals surface area contributed by atoms with Gasteiger partial charge in [0, 0.05) is 47.7 Å². The van der Waals surface area contributed by atoms with Crippen molar-refractivity contribution in [1.29, 1.82) is 0 Å². The van der Waals surface area contributed by atoms with Gasteiger partial charge in [0.1, 0.15) is 18.9 Å². The summed E-state index contributed by atoms with van der Waals surface area (Å²) in [5.41, 5.74) is 3.49. The van der Waals surface area contributed by atoms with Gasteiger partial charge in [0.25, 0.3) is 11.8 Å². The predicted molar refractivity (Wildman–Crippen MR) is 175 cm³/mol. The van der Waals surface area contributed by atoms with Gasteiger partial charge in [0.2, 0.25) is 5.91 Å². The van der Waals surface area contributed by atoms with Crippen molar-refractivity contribution in [3.05, 3.63) is 114 Å². The largest absolute Gasteiger partial charge is 0.486 e. The van der Waals surface area contributed by atoms with Gasteiger partial charge in [-0.2, -0.15) is 0 Å². The van der Waals surface area contributed by atoms with Gasteiger partial charge in [0.15, 0.2) is 11.5 Å². The van der Waals surface area contributed by atoms with Crippen molar-refractivity contribution in [3.63, 3.8) is 0 Å². The molecule has 0 bridgehead atoms. The lowest BCUT2D eigenvalue weighted by Gasteiger charge is -2.19. The molecule has 1 aliphatic heterocycles. The molecule has 0 aliphatic carbocycles. The summed E-state index contributed by atoms with van der Waals surface area (Å²) in [7, 11) is 3.90. The zero-order valence-corrected chi connectivity index (χ0v) is 25.1. The van der Waals surface area contributed by atoms with Gasteiger partial charge in [0.05, 0.1) is 5.75 Å². The van der Waals surface area contributed by atoms with E-state index in [1.807, 2.05) is 61.5 Å². The number of anilines is 3. The maximum absolute atomic E-state index is 13.3. The number of nitrogens with one attached hydrogen (secondary N) is 3. The molecule has 1 heterocycles. The summed E-state index contributed by atoms with van der Waals surface area (Å²) in [6.07, 6.45) is 1.64. The molecule has 3 N–H and O–H groups in total. The third-order valence-electron chi connectivity index (χ3n) is 6.56. The van der Waals surface area contributed by atoms with Crippen LogP contribution in [-0.4, -0.2) is 50.8 Å². The first-order valence-corrected chi connectivity index (χ1v) is 14.9. The molecule has 3 amide bonds. The van der Waals surface area contributed by atoms with Crippen LogP contribution in [-0.2, 0) is 9.59 Å². The van der Waals surface area contributed by atoms with Crippen LogP contribution >= 0.6 is 11.8 Å². The summed E-state index contributed by atoms with van der Waals surface area (Å²) >= 11 is 1.37. The number of ether oxygens (including phenoxy) is 2. The lowest BCUT2D eigenvalue weighted by Crippen LogP contribution is -2.30. The number of hydrogen-bond donors (Lipinski definition) is 3. The average Bonchev–Trinajstić information content (AvgIpc) is 3.04. The molecule has 10 heteroatoms. The fourth-order valence-corrected chi connectivity index (χ4v) is 4.98. The van der Waals surface area contributed by atoms with Crippen LogP contribution < -0.4 is 30.3 Å². The maximum atomic E-state index is 13.3. The fourth-order valence-electron chi connectivity index (χ4n) is 4.28. The number of hydrogen-bond acceptors (Lipinski definition) is 7.